The molecule has 0 saturated carbocycles. The minimum Gasteiger partial charge on any atom is -0.481 e. The Kier molecular flexibility index (Phi) is 7.44. The first kappa shape index (κ1) is 19.4. The van der Waals surface area contributed by atoms with Gasteiger partial charge in [0.05, 0.1) is 0 Å². The number of carboxylic acid groups (broad SMARTS) is 1. The van der Waals surface area contributed by atoms with Crippen molar-refractivity contribution in [1.29, 1.82) is 0 Å². The quantitative estimate of drug-likeness (QED) is 0.785. The van der Waals surface area contributed by atoms with Gasteiger partial charge in [-0.15, -0.1) is 0 Å². The average Bonchev–Trinajstić information content (AvgIpc) is 2.62. The van der Waals surface area contributed by atoms with Gasteiger partial charge in [0, 0.05) is 26.1 Å². The number of amides is 1. The smallest absolute Gasteiger partial charge is 0.303 e. The van der Waals surface area contributed by atoms with E-state index in [0.29, 0.717) is 25.4 Å². The summed E-state index contributed by atoms with van der Waals surface area (Å²) in [6.45, 7) is 7.10. The average molecular weight is 346 g/mol. The maximum atomic E-state index is 13.2. The van der Waals surface area contributed by atoms with E-state index in [2.05, 4.69) is 4.90 Å². The molecule has 25 heavy (non-hydrogen) atoms. The molecule has 0 aromatic heterocycles. The molecule has 1 N–H and O–H groups in total. The van der Waals surface area contributed by atoms with Gasteiger partial charge in [-0.3, -0.25) is 14.5 Å². The molecule has 1 heterocycles. The van der Waals surface area contributed by atoms with Gasteiger partial charge < -0.3 is 10.0 Å². The maximum Gasteiger partial charge on any atom is 0.303 e. The van der Waals surface area contributed by atoms with Gasteiger partial charge in [0.1, 0.15) is 6.04 Å². The minimum atomic E-state index is -0.740. The third-order valence-corrected chi connectivity index (χ3v) is 5.11. The number of hydrogen-bond acceptors (Lipinski definition) is 3. The van der Waals surface area contributed by atoms with E-state index in [9.17, 15) is 9.59 Å². The van der Waals surface area contributed by atoms with E-state index in [1.165, 1.54) is 0 Å². The molecule has 0 radical (unpaired) electrons. The van der Waals surface area contributed by atoms with E-state index in [1.807, 2.05) is 49.1 Å². The summed E-state index contributed by atoms with van der Waals surface area (Å²) in [5.41, 5.74) is 1.03. The largest absolute Gasteiger partial charge is 0.481 e. The predicted octanol–water partition coefficient (Wildman–Crippen LogP) is 3.17. The van der Waals surface area contributed by atoms with Crippen molar-refractivity contribution < 1.29 is 14.7 Å². The molecule has 5 heteroatoms. The van der Waals surface area contributed by atoms with E-state index < -0.39 is 5.97 Å². The van der Waals surface area contributed by atoms with Crippen LogP contribution in [-0.4, -0.2) is 53.0 Å². The standard InChI is InChI=1S/C20H30N2O3/c1-3-21(4-2)20(25)19(17-10-6-5-7-11-17)22-14-8-9-16(15-22)12-13-18(23)24/h5-7,10-11,16,19H,3-4,8-9,12-15H2,1-2H3,(H,23,24). The molecule has 0 bridgehead atoms. The second-order valence-corrected chi connectivity index (χ2v) is 6.76. The summed E-state index contributed by atoms with van der Waals surface area (Å²) >= 11 is 0. The van der Waals surface area contributed by atoms with Crippen molar-refractivity contribution in [3.63, 3.8) is 0 Å². The molecule has 5 nitrogen and oxygen atoms in total. The Morgan fingerprint density at radius 1 is 1.24 bits per heavy atom. The Hall–Kier alpha value is -1.88. The number of piperidine rings is 1. The molecule has 2 rings (SSSR count). The van der Waals surface area contributed by atoms with Crippen LogP contribution < -0.4 is 0 Å². The Morgan fingerprint density at radius 2 is 1.92 bits per heavy atom. The lowest BCUT2D eigenvalue weighted by molar-refractivity contribution is -0.139. The van der Waals surface area contributed by atoms with E-state index in [1.54, 1.807) is 0 Å². The minimum absolute atomic E-state index is 0.148. The fourth-order valence-electron chi connectivity index (χ4n) is 3.75. The molecule has 1 amide bonds. The number of likely N-dealkylation sites (tertiary alicyclic amines) is 1. The first-order chi connectivity index (χ1) is 12.1. The van der Waals surface area contributed by atoms with Crippen molar-refractivity contribution in [3.8, 4) is 0 Å². The van der Waals surface area contributed by atoms with Crippen LogP contribution in [-0.2, 0) is 9.59 Å². The van der Waals surface area contributed by atoms with Gasteiger partial charge in [0.2, 0.25) is 5.91 Å². The number of hydrogen-bond donors (Lipinski definition) is 1. The van der Waals surface area contributed by atoms with Crippen LogP contribution in [0, 0.1) is 5.92 Å². The van der Waals surface area contributed by atoms with Gasteiger partial charge in [-0.2, -0.15) is 0 Å². The lowest BCUT2D eigenvalue weighted by atomic mass is 9.91. The fourth-order valence-corrected chi connectivity index (χ4v) is 3.75. The van der Waals surface area contributed by atoms with Crippen LogP contribution in [0.5, 0.6) is 0 Å². The van der Waals surface area contributed by atoms with Crippen molar-refractivity contribution in [3.05, 3.63) is 35.9 Å². The van der Waals surface area contributed by atoms with Gasteiger partial charge in [-0.25, -0.2) is 0 Å². The Balaban J connectivity index is 2.19. The molecular formula is C20H30N2O3. The number of aliphatic carboxylic acids is 1. The SMILES string of the molecule is CCN(CC)C(=O)C(c1ccccc1)N1CCCC(CCC(=O)O)C1. The topological polar surface area (TPSA) is 60.9 Å². The highest BCUT2D eigenvalue weighted by atomic mass is 16.4. The number of benzene rings is 1. The first-order valence-corrected chi connectivity index (χ1v) is 9.36. The van der Waals surface area contributed by atoms with Crippen LogP contribution in [0.15, 0.2) is 30.3 Å². The number of likely N-dealkylation sites (N-methyl/N-ethyl adjacent to an activating group) is 1. The van der Waals surface area contributed by atoms with Crippen molar-refractivity contribution in [2.24, 2.45) is 5.92 Å². The molecule has 1 aliphatic heterocycles. The molecule has 138 valence electrons. The van der Waals surface area contributed by atoms with Crippen LogP contribution in [0.25, 0.3) is 0 Å². The van der Waals surface area contributed by atoms with Gasteiger partial charge >= 0.3 is 5.97 Å². The van der Waals surface area contributed by atoms with Crippen molar-refractivity contribution in [1.82, 2.24) is 9.80 Å². The third kappa shape index (κ3) is 5.30. The molecule has 0 spiro atoms. The summed E-state index contributed by atoms with van der Waals surface area (Å²) in [6.07, 6.45) is 2.95. The number of carbonyl (C=O) groups excluding carboxylic acids is 1. The summed E-state index contributed by atoms with van der Waals surface area (Å²) in [5, 5.41) is 8.95. The second-order valence-electron chi connectivity index (χ2n) is 6.76. The van der Waals surface area contributed by atoms with Crippen LogP contribution >= 0.6 is 0 Å². The lowest BCUT2D eigenvalue weighted by Crippen LogP contribution is -2.46. The molecule has 2 atom stereocenters. The van der Waals surface area contributed by atoms with Crippen LogP contribution in [0.3, 0.4) is 0 Å². The molecule has 1 aliphatic rings. The van der Waals surface area contributed by atoms with E-state index >= 15 is 0 Å². The molecule has 1 saturated heterocycles. The fraction of sp³-hybridized carbons (Fsp3) is 0.600. The Morgan fingerprint density at radius 3 is 2.52 bits per heavy atom. The number of carbonyl (C=O) groups is 2. The van der Waals surface area contributed by atoms with Gasteiger partial charge in [0.15, 0.2) is 0 Å². The monoisotopic (exact) mass is 346 g/mol. The summed E-state index contributed by atoms with van der Waals surface area (Å²) in [4.78, 5) is 28.2. The Labute approximate surface area is 150 Å². The summed E-state index contributed by atoms with van der Waals surface area (Å²) in [6, 6.07) is 9.69. The highest BCUT2D eigenvalue weighted by Gasteiger charge is 2.33. The summed E-state index contributed by atoms with van der Waals surface area (Å²) in [7, 11) is 0. The van der Waals surface area contributed by atoms with Gasteiger partial charge in [-0.1, -0.05) is 30.3 Å². The number of rotatable bonds is 8. The van der Waals surface area contributed by atoms with Gasteiger partial charge in [-0.05, 0) is 51.1 Å². The zero-order chi connectivity index (χ0) is 18.2. The summed E-state index contributed by atoms with van der Waals surface area (Å²) < 4.78 is 0. The van der Waals surface area contributed by atoms with E-state index in [0.717, 1.165) is 31.5 Å². The molecule has 0 aliphatic carbocycles. The normalized spacial score (nSPS) is 19.4. The first-order valence-electron chi connectivity index (χ1n) is 9.36. The van der Waals surface area contributed by atoms with E-state index in [4.69, 9.17) is 5.11 Å². The Bertz CT molecular complexity index is 557. The highest BCUT2D eigenvalue weighted by molar-refractivity contribution is 5.83. The second kappa shape index (κ2) is 9.56. The molecule has 1 fully saturated rings. The number of carboxylic acids is 1. The van der Waals surface area contributed by atoms with Crippen LogP contribution in [0.4, 0.5) is 0 Å². The third-order valence-electron chi connectivity index (χ3n) is 5.11. The van der Waals surface area contributed by atoms with E-state index in [-0.39, 0.29) is 18.4 Å². The highest BCUT2D eigenvalue weighted by Crippen LogP contribution is 2.30. The van der Waals surface area contributed by atoms with Crippen LogP contribution in [0.2, 0.25) is 0 Å². The lowest BCUT2D eigenvalue weighted by Gasteiger charge is -2.39. The molecule has 1 aromatic carbocycles. The maximum absolute atomic E-state index is 13.2. The predicted molar refractivity (Wildman–Crippen MR) is 98.3 cm³/mol. The summed E-state index contributed by atoms with van der Waals surface area (Å²) in [5.74, 6) is -0.244. The molecule has 1 aromatic rings. The van der Waals surface area contributed by atoms with Gasteiger partial charge in [0.25, 0.3) is 0 Å². The number of nitrogens with zero attached hydrogens (tertiary/aromatic N) is 2. The van der Waals surface area contributed by atoms with Crippen molar-refractivity contribution in [2.45, 2.75) is 45.6 Å². The van der Waals surface area contributed by atoms with Crippen LogP contribution in [0.1, 0.15) is 51.1 Å². The zero-order valence-corrected chi connectivity index (χ0v) is 15.4. The van der Waals surface area contributed by atoms with Crippen molar-refractivity contribution >= 4 is 11.9 Å². The molecular weight excluding hydrogens is 316 g/mol. The van der Waals surface area contributed by atoms with Crippen molar-refractivity contribution in [2.75, 3.05) is 26.2 Å². The zero-order valence-electron chi connectivity index (χ0n) is 15.4. The molecule has 2 unspecified atom stereocenters.